The predicted molar refractivity (Wildman–Crippen MR) is 103 cm³/mol. The van der Waals surface area contributed by atoms with Crippen LogP contribution in [-0.2, 0) is 17.9 Å². The molecule has 2 rings (SSSR count). The quantitative estimate of drug-likeness (QED) is 0.610. The minimum absolute atomic E-state index is 0.222. The lowest BCUT2D eigenvalue weighted by molar-refractivity contribution is -0.687. The number of nitrogens with zero attached hydrogens (tertiary/aromatic N) is 2. The molecular formula is C22H34N2O2. The molecule has 2 aromatic rings. The van der Waals surface area contributed by atoms with Gasteiger partial charge in [-0.05, 0) is 30.7 Å². The number of aliphatic carboxylic acids is 1. The maximum atomic E-state index is 10.3. The van der Waals surface area contributed by atoms with Gasteiger partial charge < -0.3 is 9.90 Å². The number of imidazole rings is 1. The Morgan fingerprint density at radius 2 is 1.81 bits per heavy atom. The summed E-state index contributed by atoms with van der Waals surface area (Å²) < 4.78 is 4.48. The molecule has 4 nitrogen and oxygen atoms in total. The number of unbranched alkanes of at least 4 members (excludes halogenated alkanes) is 2. The summed E-state index contributed by atoms with van der Waals surface area (Å²) in [6.45, 7) is 8.25. The van der Waals surface area contributed by atoms with E-state index in [1.807, 2.05) is 6.92 Å². The lowest BCUT2D eigenvalue weighted by atomic mass is 10.00. The minimum Gasteiger partial charge on any atom is -0.550 e. The number of carbonyl (C=O) groups excluding carboxylic acids is 1. The standard InChI is InChI=1S/C14H19N2.C8H16O2/c1-2-3-9-15-10-11-16(13-15)12-14-7-5-4-6-8-14;1-3-5-6-7(4-2)8(9)10/h4-8,10-11,13H,2-3,9,12H2,1H3;7H,3-6H2,1-2H3,(H,9,10)/q+1;/p-1. The van der Waals surface area contributed by atoms with Gasteiger partial charge >= 0.3 is 0 Å². The predicted octanol–water partition coefficient (Wildman–Crippen LogP) is 3.58. The van der Waals surface area contributed by atoms with Crippen LogP contribution >= 0.6 is 0 Å². The van der Waals surface area contributed by atoms with Crippen molar-refractivity contribution >= 4 is 5.97 Å². The van der Waals surface area contributed by atoms with E-state index >= 15 is 0 Å². The summed E-state index contributed by atoms with van der Waals surface area (Å²) in [6.07, 6.45) is 12.5. The molecule has 0 fully saturated rings. The summed E-state index contributed by atoms with van der Waals surface area (Å²) in [4.78, 5) is 10.3. The van der Waals surface area contributed by atoms with Gasteiger partial charge in [0.1, 0.15) is 18.9 Å². The Kier molecular flexibility index (Phi) is 11.1. The molecule has 0 aliphatic carbocycles. The van der Waals surface area contributed by atoms with Crippen molar-refractivity contribution in [2.24, 2.45) is 5.92 Å². The van der Waals surface area contributed by atoms with Gasteiger partial charge in [-0.1, -0.05) is 70.4 Å². The smallest absolute Gasteiger partial charge is 0.244 e. The Labute approximate surface area is 158 Å². The van der Waals surface area contributed by atoms with Crippen LogP contribution in [0.5, 0.6) is 0 Å². The maximum Gasteiger partial charge on any atom is 0.244 e. The highest BCUT2D eigenvalue weighted by Gasteiger charge is 2.05. The van der Waals surface area contributed by atoms with Gasteiger partial charge in [0.15, 0.2) is 0 Å². The van der Waals surface area contributed by atoms with Crippen LogP contribution in [0.15, 0.2) is 49.1 Å². The number of hydrogen-bond acceptors (Lipinski definition) is 2. The Morgan fingerprint density at radius 1 is 1.12 bits per heavy atom. The summed E-state index contributed by atoms with van der Waals surface area (Å²) in [5.74, 6) is -1.11. The van der Waals surface area contributed by atoms with Gasteiger partial charge in [0.25, 0.3) is 0 Å². The molecule has 144 valence electrons. The minimum atomic E-state index is -0.893. The number of aryl methyl sites for hydroxylation is 1. The van der Waals surface area contributed by atoms with Crippen molar-refractivity contribution < 1.29 is 14.5 Å². The molecule has 0 aliphatic rings. The topological polar surface area (TPSA) is 48.9 Å². The Balaban J connectivity index is 0.000000294. The largest absolute Gasteiger partial charge is 0.550 e. The van der Waals surface area contributed by atoms with Crippen LogP contribution in [-0.4, -0.2) is 10.5 Å². The zero-order valence-corrected chi connectivity index (χ0v) is 16.6. The zero-order valence-electron chi connectivity index (χ0n) is 16.6. The maximum absolute atomic E-state index is 10.3. The SMILES string of the molecule is CCCCC(CC)C(=O)[O-].CCCCn1cc[n+](Cc2ccccc2)c1. The van der Waals surface area contributed by atoms with E-state index < -0.39 is 5.97 Å². The number of carboxylic acid groups (broad SMARTS) is 1. The van der Waals surface area contributed by atoms with Crippen molar-refractivity contribution in [2.75, 3.05) is 0 Å². The van der Waals surface area contributed by atoms with Crippen molar-refractivity contribution in [1.82, 2.24) is 4.57 Å². The van der Waals surface area contributed by atoms with E-state index in [9.17, 15) is 9.90 Å². The average Bonchev–Trinajstić information content (AvgIpc) is 3.09. The summed E-state index contributed by atoms with van der Waals surface area (Å²) in [6, 6.07) is 10.6. The highest BCUT2D eigenvalue weighted by molar-refractivity contribution is 5.67. The summed E-state index contributed by atoms with van der Waals surface area (Å²) >= 11 is 0. The van der Waals surface area contributed by atoms with E-state index in [4.69, 9.17) is 0 Å². The normalized spacial score (nSPS) is 11.5. The van der Waals surface area contributed by atoms with Crippen LogP contribution in [0.1, 0.15) is 64.9 Å². The fourth-order valence-electron chi connectivity index (χ4n) is 2.74. The number of carbonyl (C=O) groups is 1. The average molecular weight is 359 g/mol. The second kappa shape index (κ2) is 13.2. The number of benzene rings is 1. The van der Waals surface area contributed by atoms with Crippen molar-refractivity contribution in [3.05, 3.63) is 54.6 Å². The Hall–Kier alpha value is -2.10. The van der Waals surface area contributed by atoms with Crippen molar-refractivity contribution in [3.8, 4) is 0 Å². The third-order valence-corrected chi connectivity index (χ3v) is 4.46. The highest BCUT2D eigenvalue weighted by atomic mass is 16.4. The van der Waals surface area contributed by atoms with E-state index in [-0.39, 0.29) is 5.92 Å². The van der Waals surface area contributed by atoms with Crippen LogP contribution in [0.4, 0.5) is 0 Å². The molecule has 1 aromatic carbocycles. The summed E-state index contributed by atoms with van der Waals surface area (Å²) in [5, 5.41) is 10.3. The first kappa shape index (κ1) is 21.9. The van der Waals surface area contributed by atoms with Crippen LogP contribution < -0.4 is 9.67 Å². The van der Waals surface area contributed by atoms with E-state index in [1.165, 1.54) is 18.4 Å². The number of rotatable bonds is 10. The third-order valence-electron chi connectivity index (χ3n) is 4.46. The molecule has 4 heteroatoms. The Bertz CT molecular complexity index is 608. The van der Waals surface area contributed by atoms with E-state index in [0.29, 0.717) is 6.42 Å². The second-order valence-electron chi connectivity index (χ2n) is 6.73. The van der Waals surface area contributed by atoms with Crippen LogP contribution in [0.25, 0.3) is 0 Å². The molecular weight excluding hydrogens is 324 g/mol. The molecule has 0 N–H and O–H groups in total. The van der Waals surface area contributed by atoms with Crippen molar-refractivity contribution in [1.29, 1.82) is 0 Å². The van der Waals surface area contributed by atoms with Gasteiger partial charge in [-0.3, -0.25) is 0 Å². The molecule has 1 aromatic heterocycles. The lowest BCUT2D eigenvalue weighted by Gasteiger charge is -2.14. The second-order valence-corrected chi connectivity index (χ2v) is 6.73. The summed E-state index contributed by atoms with van der Waals surface area (Å²) in [7, 11) is 0. The first-order valence-corrected chi connectivity index (χ1v) is 9.90. The van der Waals surface area contributed by atoms with E-state index in [0.717, 1.165) is 32.4 Å². The molecule has 0 aliphatic heterocycles. The molecule has 0 spiro atoms. The molecule has 0 saturated heterocycles. The first-order valence-electron chi connectivity index (χ1n) is 9.90. The molecule has 1 unspecified atom stereocenters. The van der Waals surface area contributed by atoms with E-state index in [2.05, 4.69) is 72.0 Å². The molecule has 0 amide bonds. The zero-order chi connectivity index (χ0) is 19.2. The molecule has 0 radical (unpaired) electrons. The molecule has 0 bridgehead atoms. The van der Waals surface area contributed by atoms with Crippen LogP contribution in [0, 0.1) is 5.92 Å². The van der Waals surface area contributed by atoms with E-state index in [1.54, 1.807) is 0 Å². The molecule has 1 atom stereocenters. The van der Waals surface area contributed by atoms with Crippen LogP contribution in [0.2, 0.25) is 0 Å². The number of hydrogen-bond donors (Lipinski definition) is 0. The first-order chi connectivity index (χ1) is 12.6. The fraction of sp³-hybridized carbons (Fsp3) is 0.545. The lowest BCUT2D eigenvalue weighted by Crippen LogP contribution is -2.31. The monoisotopic (exact) mass is 358 g/mol. The summed E-state index contributed by atoms with van der Waals surface area (Å²) in [5.41, 5.74) is 1.35. The van der Waals surface area contributed by atoms with Crippen LogP contribution in [0.3, 0.4) is 0 Å². The number of aromatic nitrogens is 2. The highest BCUT2D eigenvalue weighted by Crippen LogP contribution is 2.10. The molecule has 1 heterocycles. The third kappa shape index (κ3) is 8.84. The fourth-order valence-corrected chi connectivity index (χ4v) is 2.74. The van der Waals surface area contributed by atoms with Gasteiger partial charge in [0, 0.05) is 5.97 Å². The molecule has 26 heavy (non-hydrogen) atoms. The van der Waals surface area contributed by atoms with Gasteiger partial charge in [-0.2, -0.15) is 0 Å². The number of carboxylic acids is 1. The van der Waals surface area contributed by atoms with Crippen molar-refractivity contribution in [3.63, 3.8) is 0 Å². The van der Waals surface area contributed by atoms with Gasteiger partial charge in [-0.15, -0.1) is 0 Å². The van der Waals surface area contributed by atoms with Gasteiger partial charge in [0.2, 0.25) is 6.33 Å². The van der Waals surface area contributed by atoms with Gasteiger partial charge in [0.05, 0.1) is 6.54 Å². The Morgan fingerprint density at radius 3 is 2.38 bits per heavy atom. The van der Waals surface area contributed by atoms with Crippen molar-refractivity contribution in [2.45, 2.75) is 72.4 Å². The van der Waals surface area contributed by atoms with Gasteiger partial charge in [-0.25, -0.2) is 9.13 Å². The molecule has 0 saturated carbocycles.